The Kier molecular flexibility index (Phi) is 4.63. The van der Waals surface area contributed by atoms with Crippen LogP contribution in [0.3, 0.4) is 0 Å². The average molecular weight is 264 g/mol. The summed E-state index contributed by atoms with van der Waals surface area (Å²) in [6, 6.07) is 7.08. The fourth-order valence-corrected chi connectivity index (χ4v) is 2.20. The zero-order valence-corrected chi connectivity index (χ0v) is 11.2. The summed E-state index contributed by atoms with van der Waals surface area (Å²) in [5.41, 5.74) is 6.28. The van der Waals surface area contributed by atoms with Crippen LogP contribution >= 0.6 is 0 Å². The van der Waals surface area contributed by atoms with Gasteiger partial charge in [0.25, 0.3) is 5.91 Å². The van der Waals surface area contributed by atoms with Gasteiger partial charge in [-0.2, -0.15) is 0 Å². The highest BCUT2D eigenvalue weighted by atomic mass is 16.5. The number of hydrogen-bond acceptors (Lipinski definition) is 4. The Balaban J connectivity index is 1.84. The van der Waals surface area contributed by atoms with Gasteiger partial charge in [0.2, 0.25) is 0 Å². The number of piperidine rings is 1. The number of benzene rings is 1. The van der Waals surface area contributed by atoms with E-state index in [2.05, 4.69) is 0 Å². The predicted octanol–water partition coefficient (Wildman–Crippen LogP) is 1.28. The molecule has 2 N–H and O–H groups in total. The van der Waals surface area contributed by atoms with Crippen LogP contribution in [0, 0.1) is 0 Å². The van der Waals surface area contributed by atoms with Crippen molar-refractivity contribution in [3.05, 3.63) is 24.3 Å². The van der Waals surface area contributed by atoms with Gasteiger partial charge in [0.15, 0.2) is 6.61 Å². The maximum absolute atomic E-state index is 12.0. The molecule has 1 aliphatic heterocycles. The van der Waals surface area contributed by atoms with Crippen LogP contribution in [0.5, 0.6) is 5.75 Å². The Labute approximate surface area is 113 Å². The standard InChI is InChI=1S/C14H20N2O3/c1-18-13-6-3-7-16(9-13)14(17)10-19-12-5-2-4-11(15)8-12/h2,4-5,8,13H,3,6-7,9-10,15H2,1H3. The van der Waals surface area contributed by atoms with E-state index in [1.165, 1.54) is 0 Å². The van der Waals surface area contributed by atoms with E-state index < -0.39 is 0 Å². The summed E-state index contributed by atoms with van der Waals surface area (Å²) < 4.78 is 10.8. The van der Waals surface area contributed by atoms with Gasteiger partial charge in [-0.05, 0) is 25.0 Å². The molecule has 19 heavy (non-hydrogen) atoms. The molecule has 0 saturated carbocycles. The first kappa shape index (κ1) is 13.7. The van der Waals surface area contributed by atoms with Gasteiger partial charge in [0, 0.05) is 32.0 Å². The molecule has 1 aromatic carbocycles. The summed E-state index contributed by atoms with van der Waals surface area (Å²) in [5.74, 6) is 0.609. The summed E-state index contributed by atoms with van der Waals surface area (Å²) in [6.07, 6.45) is 2.13. The fraction of sp³-hybridized carbons (Fsp3) is 0.500. The first-order valence-corrected chi connectivity index (χ1v) is 6.48. The minimum Gasteiger partial charge on any atom is -0.484 e. The van der Waals surface area contributed by atoms with E-state index in [-0.39, 0.29) is 18.6 Å². The van der Waals surface area contributed by atoms with Gasteiger partial charge in [-0.1, -0.05) is 6.07 Å². The van der Waals surface area contributed by atoms with Gasteiger partial charge in [-0.25, -0.2) is 0 Å². The molecule has 1 fully saturated rings. The molecule has 0 spiro atoms. The number of carbonyl (C=O) groups excluding carboxylic acids is 1. The van der Waals surface area contributed by atoms with E-state index >= 15 is 0 Å². The largest absolute Gasteiger partial charge is 0.484 e. The molecular formula is C14H20N2O3. The Bertz CT molecular complexity index is 436. The van der Waals surface area contributed by atoms with Gasteiger partial charge >= 0.3 is 0 Å². The molecule has 2 rings (SSSR count). The molecule has 0 bridgehead atoms. The van der Waals surface area contributed by atoms with Gasteiger partial charge in [0.1, 0.15) is 5.75 Å². The molecular weight excluding hydrogens is 244 g/mol. The summed E-state index contributed by atoms with van der Waals surface area (Å²) >= 11 is 0. The van der Waals surface area contributed by atoms with Crippen molar-refractivity contribution in [2.45, 2.75) is 18.9 Å². The highest BCUT2D eigenvalue weighted by Crippen LogP contribution is 2.16. The number of anilines is 1. The molecule has 1 aliphatic rings. The van der Waals surface area contributed by atoms with E-state index in [0.29, 0.717) is 18.0 Å². The lowest BCUT2D eigenvalue weighted by Gasteiger charge is -2.31. The number of rotatable bonds is 4. The normalized spacial score (nSPS) is 19.2. The molecule has 1 amide bonds. The van der Waals surface area contributed by atoms with Crippen molar-refractivity contribution < 1.29 is 14.3 Å². The molecule has 0 aromatic heterocycles. The molecule has 5 nitrogen and oxygen atoms in total. The van der Waals surface area contributed by atoms with E-state index in [1.54, 1.807) is 36.3 Å². The fourth-order valence-electron chi connectivity index (χ4n) is 2.20. The zero-order chi connectivity index (χ0) is 13.7. The highest BCUT2D eigenvalue weighted by Gasteiger charge is 2.23. The summed E-state index contributed by atoms with van der Waals surface area (Å²) in [4.78, 5) is 13.8. The Morgan fingerprint density at radius 3 is 3.11 bits per heavy atom. The second-order valence-corrected chi connectivity index (χ2v) is 4.70. The molecule has 0 aliphatic carbocycles. The molecule has 0 radical (unpaired) electrons. The number of carbonyl (C=O) groups is 1. The van der Waals surface area contributed by atoms with Gasteiger partial charge in [0.05, 0.1) is 6.10 Å². The lowest BCUT2D eigenvalue weighted by Crippen LogP contribution is -2.44. The summed E-state index contributed by atoms with van der Waals surface area (Å²) in [6.45, 7) is 1.47. The van der Waals surface area contributed by atoms with Crippen molar-refractivity contribution in [1.29, 1.82) is 0 Å². The predicted molar refractivity (Wildman–Crippen MR) is 73.0 cm³/mol. The van der Waals surface area contributed by atoms with E-state index in [1.807, 2.05) is 0 Å². The number of amides is 1. The van der Waals surface area contributed by atoms with Crippen LogP contribution in [0.1, 0.15) is 12.8 Å². The molecule has 1 aromatic rings. The summed E-state index contributed by atoms with van der Waals surface area (Å²) in [5, 5.41) is 0. The topological polar surface area (TPSA) is 64.8 Å². The van der Waals surface area contributed by atoms with Gasteiger partial charge in [-0.3, -0.25) is 4.79 Å². The quantitative estimate of drug-likeness (QED) is 0.832. The first-order valence-electron chi connectivity index (χ1n) is 6.48. The van der Waals surface area contributed by atoms with Crippen LogP contribution in [0.4, 0.5) is 5.69 Å². The van der Waals surface area contributed by atoms with Crippen molar-refractivity contribution in [2.24, 2.45) is 0 Å². The number of hydrogen-bond donors (Lipinski definition) is 1. The second kappa shape index (κ2) is 6.43. The number of nitrogens with zero attached hydrogens (tertiary/aromatic N) is 1. The maximum atomic E-state index is 12.0. The van der Waals surface area contributed by atoms with E-state index in [4.69, 9.17) is 15.2 Å². The Hall–Kier alpha value is -1.75. The average Bonchev–Trinajstić information content (AvgIpc) is 2.45. The Morgan fingerprint density at radius 1 is 1.53 bits per heavy atom. The molecule has 104 valence electrons. The molecule has 1 heterocycles. The minimum atomic E-state index is -0.0100. The van der Waals surface area contributed by atoms with Crippen LogP contribution in [0.15, 0.2) is 24.3 Å². The number of nitrogens with two attached hydrogens (primary N) is 1. The van der Waals surface area contributed by atoms with Crippen LogP contribution < -0.4 is 10.5 Å². The second-order valence-electron chi connectivity index (χ2n) is 4.70. The number of ether oxygens (including phenoxy) is 2. The summed E-state index contributed by atoms with van der Waals surface area (Å²) in [7, 11) is 1.68. The lowest BCUT2D eigenvalue weighted by atomic mass is 10.1. The van der Waals surface area contributed by atoms with Crippen molar-refractivity contribution in [2.75, 3.05) is 32.5 Å². The monoisotopic (exact) mass is 264 g/mol. The first-order chi connectivity index (χ1) is 9.19. The van der Waals surface area contributed by atoms with E-state index in [0.717, 1.165) is 19.4 Å². The number of likely N-dealkylation sites (tertiary alicyclic amines) is 1. The van der Waals surface area contributed by atoms with Crippen LogP contribution in [0.25, 0.3) is 0 Å². The lowest BCUT2D eigenvalue weighted by molar-refractivity contribution is -0.136. The molecule has 1 unspecified atom stereocenters. The number of methoxy groups -OCH3 is 1. The zero-order valence-electron chi connectivity index (χ0n) is 11.2. The molecule has 1 atom stereocenters. The van der Waals surface area contributed by atoms with Gasteiger partial charge in [-0.15, -0.1) is 0 Å². The molecule has 1 saturated heterocycles. The third-order valence-electron chi connectivity index (χ3n) is 3.28. The van der Waals surface area contributed by atoms with Crippen LogP contribution in [0.2, 0.25) is 0 Å². The maximum Gasteiger partial charge on any atom is 0.260 e. The highest BCUT2D eigenvalue weighted by molar-refractivity contribution is 5.78. The third-order valence-corrected chi connectivity index (χ3v) is 3.28. The van der Waals surface area contributed by atoms with Crippen molar-refractivity contribution in [3.63, 3.8) is 0 Å². The SMILES string of the molecule is COC1CCCN(C(=O)COc2cccc(N)c2)C1. The third kappa shape index (κ3) is 3.86. The van der Waals surface area contributed by atoms with E-state index in [9.17, 15) is 4.79 Å². The van der Waals surface area contributed by atoms with Gasteiger partial charge < -0.3 is 20.1 Å². The van der Waals surface area contributed by atoms with Crippen molar-refractivity contribution in [1.82, 2.24) is 4.90 Å². The minimum absolute atomic E-state index is 0.0100. The van der Waals surface area contributed by atoms with Crippen LogP contribution in [-0.4, -0.2) is 43.7 Å². The number of nitrogen functional groups attached to an aromatic ring is 1. The van der Waals surface area contributed by atoms with Crippen molar-refractivity contribution in [3.8, 4) is 5.75 Å². The van der Waals surface area contributed by atoms with Crippen LogP contribution in [-0.2, 0) is 9.53 Å². The van der Waals surface area contributed by atoms with Crippen molar-refractivity contribution >= 4 is 11.6 Å². The molecule has 5 heteroatoms. The smallest absolute Gasteiger partial charge is 0.260 e. The Morgan fingerprint density at radius 2 is 2.37 bits per heavy atom.